The molecule has 0 amide bonds. The Bertz CT molecular complexity index is 540. The summed E-state index contributed by atoms with van der Waals surface area (Å²) in [5.41, 5.74) is -0.534. The fourth-order valence-corrected chi connectivity index (χ4v) is 15.7. The second kappa shape index (κ2) is 7.53. The van der Waals surface area contributed by atoms with E-state index in [1.165, 1.54) is 5.19 Å². The van der Waals surface area contributed by atoms with Crippen LogP contribution in [0.4, 0.5) is 0 Å². The van der Waals surface area contributed by atoms with E-state index < -0.39 is 31.3 Å². The van der Waals surface area contributed by atoms with E-state index in [0.29, 0.717) is 6.61 Å². The van der Waals surface area contributed by atoms with Crippen molar-refractivity contribution in [2.75, 3.05) is 6.61 Å². The molecular formula is C17H32O4Si3. The lowest BCUT2D eigenvalue weighted by atomic mass is 10.4. The van der Waals surface area contributed by atoms with Crippen LogP contribution in [0.25, 0.3) is 0 Å². The molecule has 0 bridgehead atoms. The van der Waals surface area contributed by atoms with E-state index in [-0.39, 0.29) is 6.10 Å². The molecule has 24 heavy (non-hydrogen) atoms. The molecule has 1 saturated heterocycles. The van der Waals surface area contributed by atoms with Crippen molar-refractivity contribution in [2.24, 2.45) is 0 Å². The Morgan fingerprint density at radius 2 is 1.75 bits per heavy atom. The molecule has 1 fully saturated rings. The van der Waals surface area contributed by atoms with E-state index in [9.17, 15) is 0 Å². The zero-order valence-electron chi connectivity index (χ0n) is 16.1. The molecule has 0 saturated carbocycles. The summed E-state index contributed by atoms with van der Waals surface area (Å²) in [6.07, 6.45) is 1.07. The largest absolute Gasteiger partial charge is 0.436 e. The summed E-state index contributed by atoms with van der Waals surface area (Å²) in [5.74, 6) is 0. The molecule has 1 aliphatic rings. The van der Waals surface area contributed by atoms with Gasteiger partial charge in [-0.3, -0.25) is 0 Å². The maximum absolute atomic E-state index is 6.86. The van der Waals surface area contributed by atoms with Crippen LogP contribution in [0, 0.1) is 0 Å². The molecular weight excluding hydrogens is 352 g/mol. The quantitative estimate of drug-likeness (QED) is 0.484. The Labute approximate surface area is 150 Å². The first-order valence-corrected chi connectivity index (χ1v) is 16.9. The molecule has 3 unspecified atom stereocenters. The first-order chi connectivity index (χ1) is 11.2. The molecule has 1 heterocycles. The predicted molar refractivity (Wildman–Crippen MR) is 106 cm³/mol. The Kier molecular flexibility index (Phi) is 6.28. The maximum atomic E-state index is 6.86. The van der Waals surface area contributed by atoms with Crippen LogP contribution in [0.5, 0.6) is 0 Å². The van der Waals surface area contributed by atoms with Crippen molar-refractivity contribution in [1.29, 1.82) is 0 Å². The first-order valence-electron chi connectivity index (χ1n) is 8.92. The molecule has 1 aliphatic heterocycles. The van der Waals surface area contributed by atoms with Crippen LogP contribution >= 0.6 is 0 Å². The smallest absolute Gasteiger partial charge is 0.348 e. The minimum Gasteiger partial charge on any atom is -0.436 e. The summed E-state index contributed by atoms with van der Waals surface area (Å²) in [6, 6.07) is 10.4. The van der Waals surface area contributed by atoms with Crippen LogP contribution in [0.15, 0.2) is 30.3 Å². The zero-order chi connectivity index (χ0) is 18.0. The van der Waals surface area contributed by atoms with E-state index in [1.54, 1.807) is 0 Å². The second-order valence-corrected chi connectivity index (χ2v) is 17.4. The average molecular weight is 385 g/mol. The molecule has 0 radical (unpaired) electrons. The number of hydrogen-bond acceptors (Lipinski definition) is 4. The monoisotopic (exact) mass is 384 g/mol. The summed E-state index contributed by atoms with van der Waals surface area (Å²) < 4.78 is 25.5. The summed E-state index contributed by atoms with van der Waals surface area (Å²) in [4.78, 5) is 0. The van der Waals surface area contributed by atoms with E-state index in [4.69, 9.17) is 17.7 Å². The van der Waals surface area contributed by atoms with Gasteiger partial charge in [-0.25, -0.2) is 0 Å². The van der Waals surface area contributed by atoms with Gasteiger partial charge in [-0.1, -0.05) is 37.3 Å². The van der Waals surface area contributed by atoms with Gasteiger partial charge in [-0.2, -0.15) is 0 Å². The molecule has 2 rings (SSSR count). The standard InChI is InChI=1S/C17H32O4Si3/c1-8-14-18-17(15(2)19-17)23(5,6)21-24(7,20-22(3)4)16-12-10-9-11-13-16/h9-13,15,22H,8,14H2,1-7H3. The van der Waals surface area contributed by atoms with E-state index in [0.717, 1.165) is 6.42 Å². The number of hydrogen-bond donors (Lipinski definition) is 0. The van der Waals surface area contributed by atoms with Crippen molar-refractivity contribution in [3.63, 3.8) is 0 Å². The Morgan fingerprint density at radius 3 is 2.21 bits per heavy atom. The van der Waals surface area contributed by atoms with E-state index >= 15 is 0 Å². The molecule has 0 N–H and O–H groups in total. The highest BCUT2D eigenvalue weighted by Gasteiger charge is 2.69. The molecule has 0 aliphatic carbocycles. The van der Waals surface area contributed by atoms with Crippen LogP contribution in [-0.4, -0.2) is 44.0 Å². The molecule has 1 aromatic rings. The van der Waals surface area contributed by atoms with Crippen LogP contribution in [0.3, 0.4) is 0 Å². The van der Waals surface area contributed by atoms with Crippen LogP contribution < -0.4 is 5.19 Å². The van der Waals surface area contributed by atoms with Gasteiger partial charge in [0.1, 0.15) is 6.10 Å². The zero-order valence-corrected chi connectivity index (χ0v) is 19.2. The van der Waals surface area contributed by atoms with Gasteiger partial charge in [-0.05, 0) is 51.3 Å². The fourth-order valence-electron chi connectivity index (χ4n) is 3.34. The predicted octanol–water partition coefficient (Wildman–Crippen LogP) is 3.27. The third kappa shape index (κ3) is 4.09. The summed E-state index contributed by atoms with van der Waals surface area (Å²) in [6.45, 7) is 15.9. The third-order valence-electron chi connectivity index (χ3n) is 4.40. The van der Waals surface area contributed by atoms with Crippen molar-refractivity contribution in [3.8, 4) is 0 Å². The lowest BCUT2D eigenvalue weighted by Crippen LogP contribution is -2.64. The number of rotatable bonds is 9. The van der Waals surface area contributed by atoms with Crippen LogP contribution in [0.1, 0.15) is 20.3 Å². The highest BCUT2D eigenvalue weighted by Crippen LogP contribution is 2.46. The molecule has 1 aromatic carbocycles. The van der Waals surface area contributed by atoms with Crippen molar-refractivity contribution in [1.82, 2.24) is 0 Å². The van der Waals surface area contributed by atoms with E-state index in [1.807, 2.05) is 6.07 Å². The van der Waals surface area contributed by atoms with Gasteiger partial charge in [-0.15, -0.1) is 0 Å². The molecule has 136 valence electrons. The number of ether oxygens (including phenoxy) is 2. The van der Waals surface area contributed by atoms with Crippen molar-refractivity contribution >= 4 is 31.1 Å². The first kappa shape index (κ1) is 20.0. The number of epoxide rings is 1. The molecule has 0 spiro atoms. The van der Waals surface area contributed by atoms with Gasteiger partial charge in [0, 0.05) is 6.61 Å². The van der Waals surface area contributed by atoms with Crippen LogP contribution in [0.2, 0.25) is 32.7 Å². The van der Waals surface area contributed by atoms with Crippen molar-refractivity contribution < 1.29 is 17.7 Å². The minimum absolute atomic E-state index is 0.0936. The maximum Gasteiger partial charge on any atom is 0.348 e. The van der Waals surface area contributed by atoms with Crippen molar-refractivity contribution in [2.45, 2.75) is 64.5 Å². The highest BCUT2D eigenvalue weighted by molar-refractivity contribution is 6.93. The second-order valence-electron chi connectivity index (χ2n) is 7.37. The van der Waals surface area contributed by atoms with Crippen LogP contribution in [-0.2, 0) is 17.7 Å². The topological polar surface area (TPSA) is 40.2 Å². The third-order valence-corrected chi connectivity index (χ3v) is 15.4. The van der Waals surface area contributed by atoms with E-state index in [2.05, 4.69) is 70.8 Å². The van der Waals surface area contributed by atoms with Gasteiger partial charge < -0.3 is 17.7 Å². The lowest BCUT2D eigenvalue weighted by molar-refractivity contribution is -0.000334. The normalized spacial score (nSPS) is 26.4. The molecule has 7 heteroatoms. The molecule has 4 nitrogen and oxygen atoms in total. The van der Waals surface area contributed by atoms with Gasteiger partial charge >= 0.3 is 8.56 Å². The highest BCUT2D eigenvalue weighted by atomic mass is 28.5. The van der Waals surface area contributed by atoms with Gasteiger partial charge in [0.25, 0.3) is 0 Å². The number of benzene rings is 1. The fraction of sp³-hybridized carbons (Fsp3) is 0.647. The summed E-state index contributed by atoms with van der Waals surface area (Å²) in [7, 11) is -6.04. The molecule has 3 atom stereocenters. The minimum atomic E-state index is -2.50. The summed E-state index contributed by atoms with van der Waals surface area (Å²) in [5, 5.41) is 1.19. The lowest BCUT2D eigenvalue weighted by Gasteiger charge is -2.40. The summed E-state index contributed by atoms with van der Waals surface area (Å²) >= 11 is 0. The Hall–Kier alpha value is -0.289. The average Bonchev–Trinajstić information content (AvgIpc) is 3.17. The van der Waals surface area contributed by atoms with Crippen molar-refractivity contribution in [3.05, 3.63) is 30.3 Å². The molecule has 0 aromatic heterocycles. The van der Waals surface area contributed by atoms with Gasteiger partial charge in [0.15, 0.2) is 9.04 Å². The Balaban J connectivity index is 2.28. The Morgan fingerprint density at radius 1 is 1.17 bits per heavy atom. The van der Waals surface area contributed by atoms with Gasteiger partial charge in [0.2, 0.25) is 13.7 Å². The van der Waals surface area contributed by atoms with Gasteiger partial charge in [0.05, 0.1) is 0 Å². The SMILES string of the molecule is CCCOC1([Si](C)(C)O[Si](C)(O[SiH](C)C)c2ccccc2)OC1C.